The van der Waals surface area contributed by atoms with E-state index in [4.69, 9.17) is 27.3 Å². The number of nitrogens with zero attached hydrogens (tertiary/aromatic N) is 1. The molecule has 0 bridgehead atoms. The zero-order valence-electron chi connectivity index (χ0n) is 12.4. The Hall–Kier alpha value is -1.26. The average Bonchev–Trinajstić information content (AvgIpc) is 2.53. The number of rotatable bonds is 5. The fourth-order valence-corrected chi connectivity index (χ4v) is 3.09. The van der Waals surface area contributed by atoms with E-state index in [1.165, 1.54) is 19.3 Å². The molecule has 21 heavy (non-hydrogen) atoms. The lowest BCUT2D eigenvalue weighted by Crippen LogP contribution is -2.22. The minimum absolute atomic E-state index is 0.0578. The van der Waals surface area contributed by atoms with Gasteiger partial charge in [0.1, 0.15) is 0 Å². The molecule has 1 fully saturated rings. The lowest BCUT2D eigenvalue weighted by Gasteiger charge is -2.28. The zero-order valence-corrected chi connectivity index (χ0v) is 13.1. The van der Waals surface area contributed by atoms with Crippen LogP contribution >= 0.6 is 11.6 Å². The summed E-state index contributed by atoms with van der Waals surface area (Å²) in [5.74, 6) is 0.851. The Bertz CT molecular complexity index is 505. The molecule has 3 N–H and O–H groups in total. The van der Waals surface area contributed by atoms with E-state index in [2.05, 4.69) is 12.1 Å². The highest BCUT2D eigenvalue weighted by Crippen LogP contribution is 2.29. The predicted molar refractivity (Wildman–Crippen MR) is 84.8 cm³/mol. The maximum Gasteiger partial charge on any atom is 0.170 e. The number of ether oxygens (including phenoxy) is 1. The van der Waals surface area contributed by atoms with Crippen molar-refractivity contribution in [2.45, 2.75) is 51.7 Å². The van der Waals surface area contributed by atoms with Crippen molar-refractivity contribution in [3.63, 3.8) is 0 Å². The van der Waals surface area contributed by atoms with Crippen LogP contribution in [0.3, 0.4) is 0 Å². The van der Waals surface area contributed by atoms with Gasteiger partial charge in [0.05, 0.1) is 12.7 Å². The minimum Gasteiger partial charge on any atom is -0.409 e. The van der Waals surface area contributed by atoms with Crippen molar-refractivity contribution in [1.82, 2.24) is 0 Å². The molecule has 4 nitrogen and oxygen atoms in total. The molecule has 1 saturated carbocycles. The smallest absolute Gasteiger partial charge is 0.170 e. The van der Waals surface area contributed by atoms with Gasteiger partial charge in [0.2, 0.25) is 0 Å². The van der Waals surface area contributed by atoms with Crippen LogP contribution in [0.2, 0.25) is 5.02 Å². The molecule has 1 aliphatic carbocycles. The molecule has 0 aliphatic heterocycles. The molecule has 2 atom stereocenters. The maximum atomic E-state index is 8.67. The second-order valence-electron chi connectivity index (χ2n) is 5.67. The minimum atomic E-state index is 0.0578. The summed E-state index contributed by atoms with van der Waals surface area (Å²) < 4.78 is 6.01. The van der Waals surface area contributed by atoms with Crippen LogP contribution in [0.15, 0.2) is 23.4 Å². The van der Waals surface area contributed by atoms with Crippen LogP contribution in [-0.4, -0.2) is 17.1 Å². The largest absolute Gasteiger partial charge is 0.409 e. The van der Waals surface area contributed by atoms with E-state index in [9.17, 15) is 0 Å². The molecule has 0 aromatic heterocycles. The Morgan fingerprint density at radius 3 is 2.95 bits per heavy atom. The lowest BCUT2D eigenvalue weighted by atomic mass is 9.85. The van der Waals surface area contributed by atoms with Gasteiger partial charge in [-0.05, 0) is 30.4 Å². The van der Waals surface area contributed by atoms with Crippen molar-refractivity contribution < 1.29 is 9.94 Å². The fraction of sp³-hybridized carbons (Fsp3) is 0.562. The quantitative estimate of drug-likeness (QED) is 0.375. The van der Waals surface area contributed by atoms with Crippen LogP contribution in [-0.2, 0) is 11.3 Å². The molecule has 1 aliphatic rings. The summed E-state index contributed by atoms with van der Waals surface area (Å²) in [7, 11) is 0. The monoisotopic (exact) mass is 310 g/mol. The van der Waals surface area contributed by atoms with E-state index in [1.54, 1.807) is 12.1 Å². The van der Waals surface area contributed by atoms with Crippen LogP contribution in [0.4, 0.5) is 0 Å². The van der Waals surface area contributed by atoms with E-state index < -0.39 is 0 Å². The van der Waals surface area contributed by atoms with E-state index >= 15 is 0 Å². The van der Waals surface area contributed by atoms with Crippen LogP contribution in [0.1, 0.15) is 50.2 Å². The third kappa shape index (κ3) is 4.35. The van der Waals surface area contributed by atoms with Gasteiger partial charge < -0.3 is 15.7 Å². The Morgan fingerprint density at radius 1 is 1.48 bits per heavy atom. The predicted octanol–water partition coefficient (Wildman–Crippen LogP) is 3.92. The highest BCUT2D eigenvalue weighted by molar-refractivity contribution is 6.31. The summed E-state index contributed by atoms with van der Waals surface area (Å²) >= 11 is 6.23. The third-order valence-corrected chi connectivity index (χ3v) is 4.60. The summed E-state index contributed by atoms with van der Waals surface area (Å²) in [5, 5.41) is 12.2. The second kappa shape index (κ2) is 7.66. The van der Waals surface area contributed by atoms with Gasteiger partial charge in [0.25, 0.3) is 0 Å². The summed E-state index contributed by atoms with van der Waals surface area (Å²) in [5.41, 5.74) is 7.09. The first-order valence-corrected chi connectivity index (χ1v) is 7.89. The molecule has 1 aromatic carbocycles. The number of amidine groups is 1. The van der Waals surface area contributed by atoms with Crippen LogP contribution in [0.5, 0.6) is 0 Å². The standard InChI is InChI=1S/C16H23ClN2O2/c1-2-11-4-3-5-14(8-11)21-10-13-7-6-12(9-15(13)17)16(18)19-20/h6-7,9,11,14,20H,2-5,8,10H2,1H3,(H2,18,19). The fourth-order valence-electron chi connectivity index (χ4n) is 2.85. The first-order chi connectivity index (χ1) is 10.1. The van der Waals surface area contributed by atoms with E-state index in [0.29, 0.717) is 23.3 Å². The Morgan fingerprint density at radius 2 is 2.29 bits per heavy atom. The summed E-state index contributed by atoms with van der Waals surface area (Å²) in [4.78, 5) is 0. The van der Waals surface area contributed by atoms with Gasteiger partial charge in [-0.15, -0.1) is 0 Å². The molecule has 1 aromatic rings. The highest BCUT2D eigenvalue weighted by Gasteiger charge is 2.21. The first kappa shape index (κ1) is 16.1. The molecular formula is C16H23ClN2O2. The lowest BCUT2D eigenvalue weighted by molar-refractivity contribution is 0.00180. The molecule has 116 valence electrons. The van der Waals surface area contributed by atoms with Gasteiger partial charge in [-0.3, -0.25) is 0 Å². The molecule has 0 saturated heterocycles. The van der Waals surface area contributed by atoms with Crippen molar-refractivity contribution in [1.29, 1.82) is 0 Å². The molecule has 0 amide bonds. The van der Waals surface area contributed by atoms with Crippen molar-refractivity contribution in [2.24, 2.45) is 16.8 Å². The Balaban J connectivity index is 1.94. The molecule has 2 rings (SSSR count). The number of benzene rings is 1. The van der Waals surface area contributed by atoms with Gasteiger partial charge in [0.15, 0.2) is 5.84 Å². The van der Waals surface area contributed by atoms with Crippen LogP contribution in [0.25, 0.3) is 0 Å². The zero-order chi connectivity index (χ0) is 15.2. The molecule has 0 heterocycles. The van der Waals surface area contributed by atoms with Crippen molar-refractivity contribution in [3.05, 3.63) is 34.3 Å². The number of halogens is 1. The molecule has 0 spiro atoms. The Labute approximate surface area is 130 Å². The molecule has 2 unspecified atom stereocenters. The number of nitrogens with two attached hydrogens (primary N) is 1. The van der Waals surface area contributed by atoms with Gasteiger partial charge >= 0.3 is 0 Å². The topological polar surface area (TPSA) is 67.8 Å². The second-order valence-corrected chi connectivity index (χ2v) is 6.07. The third-order valence-electron chi connectivity index (χ3n) is 4.24. The summed E-state index contributed by atoms with van der Waals surface area (Å²) in [6, 6.07) is 5.36. The maximum absolute atomic E-state index is 8.67. The van der Waals surface area contributed by atoms with Crippen molar-refractivity contribution in [2.75, 3.05) is 0 Å². The van der Waals surface area contributed by atoms with Gasteiger partial charge in [0, 0.05) is 10.6 Å². The first-order valence-electron chi connectivity index (χ1n) is 7.52. The van der Waals surface area contributed by atoms with E-state index in [-0.39, 0.29) is 5.84 Å². The van der Waals surface area contributed by atoms with Crippen LogP contribution in [0, 0.1) is 5.92 Å². The van der Waals surface area contributed by atoms with E-state index in [1.807, 2.05) is 6.07 Å². The summed E-state index contributed by atoms with van der Waals surface area (Å²) in [6.07, 6.45) is 6.43. The summed E-state index contributed by atoms with van der Waals surface area (Å²) in [6.45, 7) is 2.76. The Kier molecular flexibility index (Phi) is 5.88. The number of hydrogen-bond donors (Lipinski definition) is 2. The van der Waals surface area contributed by atoms with Gasteiger partial charge in [-0.25, -0.2) is 0 Å². The van der Waals surface area contributed by atoms with Gasteiger partial charge in [-0.1, -0.05) is 55.1 Å². The SMILES string of the molecule is CCC1CCCC(OCc2ccc(/C(N)=N/O)cc2Cl)C1. The average molecular weight is 311 g/mol. The number of oxime groups is 1. The molecular weight excluding hydrogens is 288 g/mol. The number of hydrogen-bond acceptors (Lipinski definition) is 3. The van der Waals surface area contributed by atoms with Crippen LogP contribution < -0.4 is 5.73 Å². The van der Waals surface area contributed by atoms with Crippen molar-refractivity contribution in [3.8, 4) is 0 Å². The highest BCUT2D eigenvalue weighted by atomic mass is 35.5. The van der Waals surface area contributed by atoms with Crippen molar-refractivity contribution >= 4 is 17.4 Å². The van der Waals surface area contributed by atoms with Gasteiger partial charge in [-0.2, -0.15) is 0 Å². The normalized spacial score (nSPS) is 23.2. The molecule has 0 radical (unpaired) electrons. The molecule has 5 heteroatoms. The van der Waals surface area contributed by atoms with E-state index in [0.717, 1.165) is 24.3 Å².